The number of aromatic nitrogens is 2. The van der Waals surface area contributed by atoms with E-state index in [1.165, 1.54) is 23.9 Å². The molecule has 0 radical (unpaired) electrons. The summed E-state index contributed by atoms with van der Waals surface area (Å²) in [5.41, 5.74) is 2.85. The van der Waals surface area contributed by atoms with Gasteiger partial charge in [0.25, 0.3) is 5.69 Å². The maximum Gasteiger partial charge on any atom is 0.272 e. The minimum atomic E-state index is -0.465. The average molecular weight is 251 g/mol. The van der Waals surface area contributed by atoms with Crippen LogP contribution in [0.1, 0.15) is 0 Å². The van der Waals surface area contributed by atoms with Crippen molar-refractivity contribution in [1.29, 1.82) is 0 Å². The summed E-state index contributed by atoms with van der Waals surface area (Å²) in [5, 5.41) is 11.4. The van der Waals surface area contributed by atoms with Gasteiger partial charge >= 0.3 is 0 Å². The van der Waals surface area contributed by atoms with Crippen LogP contribution in [0.25, 0.3) is 0 Å². The summed E-state index contributed by atoms with van der Waals surface area (Å²) in [6.07, 6.45) is 3.30. The molecule has 0 fully saturated rings. The van der Waals surface area contributed by atoms with Gasteiger partial charge in [-0.05, 0) is 6.07 Å². The summed E-state index contributed by atoms with van der Waals surface area (Å²) in [4.78, 5) is 17.9. The van der Waals surface area contributed by atoms with Crippen LogP contribution in [-0.2, 0) is 0 Å². The molecule has 0 unspecified atom stereocenters. The highest BCUT2D eigenvalue weighted by molar-refractivity contribution is 7.99. The molecule has 0 aliphatic rings. The van der Waals surface area contributed by atoms with Crippen LogP contribution < -0.4 is 11.3 Å². The summed E-state index contributed by atoms with van der Waals surface area (Å²) in [7, 11) is 0. The van der Waals surface area contributed by atoms with Gasteiger partial charge in [-0.25, -0.2) is 4.98 Å². The third kappa shape index (κ3) is 2.74. The third-order valence-electron chi connectivity index (χ3n) is 1.96. The predicted octanol–water partition coefficient (Wildman–Crippen LogP) is 1.75. The van der Waals surface area contributed by atoms with Crippen molar-refractivity contribution in [3.63, 3.8) is 0 Å². The standard InChI is InChI=1S/C9H9N5O2S/c10-13-6-3-7(14(15)16)5-8(4-6)17-9-11-1-2-12-9/h1-5,13H,10H2,(H,11,12). The van der Waals surface area contributed by atoms with Crippen molar-refractivity contribution in [2.75, 3.05) is 5.43 Å². The van der Waals surface area contributed by atoms with E-state index in [0.717, 1.165) is 0 Å². The monoisotopic (exact) mass is 251 g/mol. The number of benzene rings is 1. The van der Waals surface area contributed by atoms with Crippen molar-refractivity contribution < 1.29 is 4.92 Å². The van der Waals surface area contributed by atoms with Crippen molar-refractivity contribution in [2.24, 2.45) is 5.84 Å². The smallest absolute Gasteiger partial charge is 0.272 e. The molecular weight excluding hydrogens is 242 g/mol. The van der Waals surface area contributed by atoms with Crippen molar-refractivity contribution in [3.05, 3.63) is 40.7 Å². The van der Waals surface area contributed by atoms with Crippen LogP contribution >= 0.6 is 11.8 Å². The zero-order chi connectivity index (χ0) is 12.3. The van der Waals surface area contributed by atoms with E-state index in [2.05, 4.69) is 15.4 Å². The molecule has 2 aromatic rings. The van der Waals surface area contributed by atoms with Gasteiger partial charge in [-0.15, -0.1) is 0 Å². The molecule has 88 valence electrons. The van der Waals surface area contributed by atoms with Gasteiger partial charge in [0, 0.05) is 29.4 Å². The van der Waals surface area contributed by atoms with E-state index >= 15 is 0 Å². The lowest BCUT2D eigenvalue weighted by atomic mass is 10.3. The van der Waals surface area contributed by atoms with Crippen LogP contribution in [0.3, 0.4) is 0 Å². The number of anilines is 1. The number of aromatic amines is 1. The molecule has 17 heavy (non-hydrogen) atoms. The van der Waals surface area contributed by atoms with Crippen LogP contribution in [-0.4, -0.2) is 14.9 Å². The number of rotatable bonds is 4. The lowest BCUT2D eigenvalue weighted by Crippen LogP contribution is -2.07. The number of nitro groups is 1. The zero-order valence-electron chi connectivity index (χ0n) is 8.58. The molecule has 0 spiro atoms. The van der Waals surface area contributed by atoms with Gasteiger partial charge in [-0.1, -0.05) is 11.8 Å². The maximum atomic E-state index is 10.7. The Labute approximate surface area is 101 Å². The summed E-state index contributed by atoms with van der Waals surface area (Å²) >= 11 is 1.29. The molecule has 0 amide bonds. The molecule has 7 nitrogen and oxygen atoms in total. The number of hydrogen-bond acceptors (Lipinski definition) is 6. The molecule has 0 saturated heterocycles. The number of nitrogens with zero attached hydrogens (tertiary/aromatic N) is 2. The minimum Gasteiger partial charge on any atom is -0.339 e. The molecule has 1 heterocycles. The van der Waals surface area contributed by atoms with Crippen LogP contribution in [0.5, 0.6) is 0 Å². The third-order valence-corrected chi connectivity index (χ3v) is 2.84. The number of non-ortho nitro benzene ring substituents is 1. The Morgan fingerprint density at radius 2 is 2.29 bits per heavy atom. The van der Waals surface area contributed by atoms with Gasteiger partial charge in [-0.3, -0.25) is 16.0 Å². The molecule has 4 N–H and O–H groups in total. The average Bonchev–Trinajstić information content (AvgIpc) is 2.81. The second-order valence-electron chi connectivity index (χ2n) is 3.11. The highest BCUT2D eigenvalue weighted by Crippen LogP contribution is 2.30. The first kappa shape index (κ1) is 11.4. The molecule has 0 aliphatic heterocycles. The Morgan fingerprint density at radius 1 is 1.47 bits per heavy atom. The fraction of sp³-hybridized carbons (Fsp3) is 0. The molecule has 1 aromatic heterocycles. The van der Waals surface area contributed by atoms with Gasteiger partial charge in [0.05, 0.1) is 10.6 Å². The van der Waals surface area contributed by atoms with E-state index in [-0.39, 0.29) is 5.69 Å². The Bertz CT molecular complexity index is 528. The Balaban J connectivity index is 2.33. The maximum absolute atomic E-state index is 10.7. The summed E-state index contributed by atoms with van der Waals surface area (Å²) in [6, 6.07) is 4.54. The summed E-state index contributed by atoms with van der Waals surface area (Å²) in [6.45, 7) is 0. The van der Waals surface area contributed by atoms with Crippen molar-refractivity contribution >= 4 is 23.1 Å². The number of nitro benzene ring substituents is 1. The topological polar surface area (TPSA) is 110 Å². The minimum absolute atomic E-state index is 0.0190. The first-order valence-electron chi connectivity index (χ1n) is 4.62. The van der Waals surface area contributed by atoms with Crippen molar-refractivity contribution in [1.82, 2.24) is 9.97 Å². The van der Waals surface area contributed by atoms with Crippen LogP contribution in [0.2, 0.25) is 0 Å². The number of H-pyrrole nitrogens is 1. The Morgan fingerprint density at radius 3 is 2.88 bits per heavy atom. The van der Waals surface area contributed by atoms with Gasteiger partial charge in [-0.2, -0.15) is 0 Å². The molecule has 8 heteroatoms. The lowest BCUT2D eigenvalue weighted by molar-refractivity contribution is -0.385. The molecule has 1 aromatic carbocycles. The van der Waals surface area contributed by atoms with Crippen molar-refractivity contribution in [3.8, 4) is 0 Å². The molecule has 0 bridgehead atoms. The quantitative estimate of drug-likeness (QED) is 0.434. The van der Waals surface area contributed by atoms with Gasteiger partial charge in [0.2, 0.25) is 0 Å². The first-order valence-corrected chi connectivity index (χ1v) is 5.44. The molecule has 0 saturated carbocycles. The number of nitrogens with one attached hydrogen (secondary N) is 2. The molecule has 2 rings (SSSR count). The molecule has 0 aliphatic carbocycles. The van der Waals surface area contributed by atoms with E-state index in [9.17, 15) is 10.1 Å². The van der Waals surface area contributed by atoms with Gasteiger partial charge < -0.3 is 10.4 Å². The van der Waals surface area contributed by atoms with E-state index < -0.39 is 4.92 Å². The Kier molecular flexibility index (Phi) is 3.26. The number of hydrogen-bond donors (Lipinski definition) is 3. The van der Waals surface area contributed by atoms with Gasteiger partial charge in [0.1, 0.15) is 0 Å². The number of nitrogen functional groups attached to an aromatic ring is 1. The van der Waals surface area contributed by atoms with Crippen LogP contribution in [0.15, 0.2) is 40.6 Å². The zero-order valence-corrected chi connectivity index (χ0v) is 9.40. The number of hydrazine groups is 1. The van der Waals surface area contributed by atoms with Crippen molar-refractivity contribution in [2.45, 2.75) is 10.1 Å². The second kappa shape index (κ2) is 4.85. The molecular formula is C9H9N5O2S. The molecule has 0 atom stereocenters. The second-order valence-corrected chi connectivity index (χ2v) is 4.18. The largest absolute Gasteiger partial charge is 0.339 e. The van der Waals surface area contributed by atoms with E-state index in [1.807, 2.05) is 0 Å². The predicted molar refractivity (Wildman–Crippen MR) is 63.6 cm³/mol. The summed E-state index contributed by atoms with van der Waals surface area (Å²) in [5.74, 6) is 5.26. The first-order chi connectivity index (χ1) is 8.19. The van der Waals surface area contributed by atoms with E-state index in [0.29, 0.717) is 15.7 Å². The highest BCUT2D eigenvalue weighted by atomic mass is 32.2. The fourth-order valence-electron chi connectivity index (χ4n) is 1.25. The number of nitrogens with two attached hydrogens (primary N) is 1. The lowest BCUT2D eigenvalue weighted by Gasteiger charge is -2.03. The van der Waals surface area contributed by atoms with E-state index in [4.69, 9.17) is 5.84 Å². The van der Waals surface area contributed by atoms with Gasteiger partial charge in [0.15, 0.2) is 5.16 Å². The normalized spacial score (nSPS) is 10.2. The Hall–Kier alpha value is -2.06. The number of imidazole rings is 1. The SMILES string of the molecule is NNc1cc(Sc2ncc[nH]2)cc([N+](=O)[O-])c1. The highest BCUT2D eigenvalue weighted by Gasteiger charge is 2.10. The summed E-state index contributed by atoms with van der Waals surface area (Å²) < 4.78 is 0. The van der Waals surface area contributed by atoms with E-state index in [1.54, 1.807) is 18.5 Å². The van der Waals surface area contributed by atoms with Crippen LogP contribution in [0, 0.1) is 10.1 Å². The fourth-order valence-corrected chi connectivity index (χ4v) is 2.08. The van der Waals surface area contributed by atoms with Crippen LogP contribution in [0.4, 0.5) is 11.4 Å².